The predicted octanol–water partition coefficient (Wildman–Crippen LogP) is 3.03. The van der Waals surface area contributed by atoms with E-state index in [0.29, 0.717) is 6.04 Å². The molecule has 0 aliphatic carbocycles. The van der Waals surface area contributed by atoms with Crippen LogP contribution in [-0.4, -0.2) is 29.1 Å². The molecule has 2 aromatic rings. The van der Waals surface area contributed by atoms with Crippen molar-refractivity contribution in [2.24, 2.45) is 5.73 Å². The molecule has 0 amide bonds. The fourth-order valence-electron chi connectivity index (χ4n) is 2.58. The maximum absolute atomic E-state index is 5.95. The maximum Gasteiger partial charge on any atom is 0.225 e. The third-order valence-electron chi connectivity index (χ3n) is 3.90. The lowest BCUT2D eigenvalue weighted by Gasteiger charge is -2.30. The van der Waals surface area contributed by atoms with E-state index in [2.05, 4.69) is 9.88 Å². The van der Waals surface area contributed by atoms with Crippen molar-refractivity contribution in [2.75, 3.05) is 18.0 Å². The fourth-order valence-corrected chi connectivity index (χ4v) is 2.71. The molecule has 110 valence electrons. The number of halogens is 1. The smallest absolute Gasteiger partial charge is 0.225 e. The van der Waals surface area contributed by atoms with E-state index in [0.717, 1.165) is 53.7 Å². The minimum Gasteiger partial charge on any atom is -0.341 e. The van der Waals surface area contributed by atoms with E-state index in [1.807, 2.05) is 37.4 Å². The summed E-state index contributed by atoms with van der Waals surface area (Å²) in [6, 6.07) is 8.07. The summed E-state index contributed by atoms with van der Waals surface area (Å²) >= 11 is 5.95. The number of aromatic nitrogens is 2. The second-order valence-corrected chi connectivity index (χ2v) is 5.97. The number of hydrogen-bond donors (Lipinski definition) is 1. The molecule has 0 saturated carbocycles. The van der Waals surface area contributed by atoms with Crippen LogP contribution in [0.25, 0.3) is 11.3 Å². The van der Waals surface area contributed by atoms with E-state index in [1.54, 1.807) is 0 Å². The number of nitrogens with zero attached hydrogens (tertiary/aromatic N) is 3. The number of nitrogens with two attached hydrogens (primary N) is 1. The first-order valence-electron chi connectivity index (χ1n) is 7.23. The normalized spacial score (nSPS) is 16.2. The van der Waals surface area contributed by atoms with Gasteiger partial charge in [0.05, 0.1) is 5.69 Å². The molecule has 1 aromatic carbocycles. The highest BCUT2D eigenvalue weighted by molar-refractivity contribution is 6.30. The van der Waals surface area contributed by atoms with Crippen LogP contribution in [0.4, 0.5) is 5.95 Å². The Morgan fingerprint density at radius 1 is 1.19 bits per heavy atom. The van der Waals surface area contributed by atoms with Crippen LogP contribution in [-0.2, 0) is 0 Å². The van der Waals surface area contributed by atoms with Gasteiger partial charge in [-0.1, -0.05) is 23.7 Å². The molecule has 0 atom stereocenters. The minimum absolute atomic E-state index is 0.308. The topological polar surface area (TPSA) is 55.0 Å². The Morgan fingerprint density at radius 2 is 1.86 bits per heavy atom. The second-order valence-electron chi connectivity index (χ2n) is 5.53. The van der Waals surface area contributed by atoms with Crippen LogP contribution in [0, 0.1) is 6.92 Å². The van der Waals surface area contributed by atoms with E-state index in [4.69, 9.17) is 22.3 Å². The number of aryl methyl sites for hydroxylation is 1. The molecule has 4 nitrogen and oxygen atoms in total. The monoisotopic (exact) mass is 302 g/mol. The number of anilines is 1. The molecule has 0 radical (unpaired) electrons. The molecule has 0 spiro atoms. The molecule has 0 bridgehead atoms. The third-order valence-corrected chi connectivity index (χ3v) is 4.15. The summed E-state index contributed by atoms with van der Waals surface area (Å²) in [5.74, 6) is 0.789. The quantitative estimate of drug-likeness (QED) is 0.926. The van der Waals surface area contributed by atoms with Gasteiger partial charge in [0.25, 0.3) is 0 Å². The van der Waals surface area contributed by atoms with Crippen LogP contribution < -0.4 is 10.6 Å². The summed E-state index contributed by atoms with van der Waals surface area (Å²) in [6.45, 7) is 3.87. The predicted molar refractivity (Wildman–Crippen MR) is 86.6 cm³/mol. The van der Waals surface area contributed by atoms with E-state index in [-0.39, 0.29) is 0 Å². The molecule has 21 heavy (non-hydrogen) atoms. The Labute approximate surface area is 130 Å². The van der Waals surface area contributed by atoms with Gasteiger partial charge in [-0.05, 0) is 37.5 Å². The first-order valence-corrected chi connectivity index (χ1v) is 7.61. The third kappa shape index (κ3) is 3.17. The summed E-state index contributed by atoms with van der Waals surface area (Å²) in [7, 11) is 0. The number of benzene rings is 1. The number of piperidine rings is 1. The average molecular weight is 303 g/mol. The van der Waals surface area contributed by atoms with Crippen LogP contribution >= 0.6 is 11.6 Å². The van der Waals surface area contributed by atoms with Crippen molar-refractivity contribution in [2.45, 2.75) is 25.8 Å². The zero-order chi connectivity index (χ0) is 14.8. The second kappa shape index (κ2) is 6.00. The Kier molecular flexibility index (Phi) is 4.08. The Bertz CT molecular complexity index is 619. The van der Waals surface area contributed by atoms with Crippen LogP contribution in [0.15, 0.2) is 30.5 Å². The molecule has 2 N–H and O–H groups in total. The van der Waals surface area contributed by atoms with Gasteiger partial charge >= 0.3 is 0 Å². The van der Waals surface area contributed by atoms with Crippen molar-refractivity contribution in [3.8, 4) is 11.3 Å². The van der Waals surface area contributed by atoms with E-state index < -0.39 is 0 Å². The average Bonchev–Trinajstić information content (AvgIpc) is 2.50. The SMILES string of the molecule is Cc1cnc(N2CCC(N)CC2)nc1-c1ccc(Cl)cc1. The van der Waals surface area contributed by atoms with E-state index in [9.17, 15) is 0 Å². The zero-order valence-corrected chi connectivity index (χ0v) is 12.8. The maximum atomic E-state index is 5.95. The van der Waals surface area contributed by atoms with Crippen molar-refractivity contribution in [1.82, 2.24) is 9.97 Å². The Balaban J connectivity index is 1.91. The van der Waals surface area contributed by atoms with Gasteiger partial charge in [0.1, 0.15) is 0 Å². The standard InChI is InChI=1S/C16H19ClN4/c1-11-10-19-16(21-8-6-14(18)7-9-21)20-15(11)12-2-4-13(17)5-3-12/h2-5,10,14H,6-9,18H2,1H3. The Hall–Kier alpha value is -1.65. The lowest BCUT2D eigenvalue weighted by atomic mass is 10.1. The lowest BCUT2D eigenvalue weighted by Crippen LogP contribution is -2.40. The van der Waals surface area contributed by atoms with Crippen molar-refractivity contribution in [3.05, 3.63) is 41.0 Å². The van der Waals surface area contributed by atoms with E-state index >= 15 is 0 Å². The minimum atomic E-state index is 0.308. The molecular weight excluding hydrogens is 284 g/mol. The summed E-state index contributed by atoms with van der Waals surface area (Å²) in [5.41, 5.74) is 9.05. The zero-order valence-electron chi connectivity index (χ0n) is 12.1. The van der Waals surface area contributed by atoms with Gasteiger partial charge in [-0.3, -0.25) is 0 Å². The molecule has 1 fully saturated rings. The molecule has 5 heteroatoms. The molecule has 0 unspecified atom stereocenters. The van der Waals surface area contributed by atoms with Crippen molar-refractivity contribution in [3.63, 3.8) is 0 Å². The van der Waals surface area contributed by atoms with Gasteiger partial charge in [0.2, 0.25) is 5.95 Å². The van der Waals surface area contributed by atoms with Crippen molar-refractivity contribution >= 4 is 17.5 Å². The van der Waals surface area contributed by atoms with Gasteiger partial charge in [-0.25, -0.2) is 9.97 Å². The highest BCUT2D eigenvalue weighted by atomic mass is 35.5. The molecule has 1 saturated heterocycles. The summed E-state index contributed by atoms with van der Waals surface area (Å²) < 4.78 is 0. The van der Waals surface area contributed by atoms with Gasteiger partial charge in [0, 0.05) is 35.9 Å². The van der Waals surface area contributed by atoms with Crippen molar-refractivity contribution < 1.29 is 0 Å². The molecule has 1 aliphatic rings. The van der Waals surface area contributed by atoms with Gasteiger partial charge in [-0.2, -0.15) is 0 Å². The van der Waals surface area contributed by atoms with E-state index in [1.165, 1.54) is 0 Å². The number of hydrogen-bond acceptors (Lipinski definition) is 4. The molecule has 1 aliphatic heterocycles. The highest BCUT2D eigenvalue weighted by Crippen LogP contribution is 2.25. The summed E-state index contributed by atoms with van der Waals surface area (Å²) in [5, 5.41) is 0.732. The van der Waals surface area contributed by atoms with Gasteiger partial charge in [0.15, 0.2) is 0 Å². The first kappa shape index (κ1) is 14.3. The highest BCUT2D eigenvalue weighted by Gasteiger charge is 2.19. The summed E-state index contributed by atoms with van der Waals surface area (Å²) in [4.78, 5) is 11.4. The Morgan fingerprint density at radius 3 is 2.52 bits per heavy atom. The first-order chi connectivity index (χ1) is 10.1. The van der Waals surface area contributed by atoms with Gasteiger partial charge in [-0.15, -0.1) is 0 Å². The molecule has 2 heterocycles. The van der Waals surface area contributed by atoms with Crippen LogP contribution in [0.3, 0.4) is 0 Å². The largest absolute Gasteiger partial charge is 0.341 e. The van der Waals surface area contributed by atoms with Crippen LogP contribution in [0.2, 0.25) is 5.02 Å². The van der Waals surface area contributed by atoms with Crippen LogP contribution in [0.1, 0.15) is 18.4 Å². The fraction of sp³-hybridized carbons (Fsp3) is 0.375. The molecule has 3 rings (SSSR count). The van der Waals surface area contributed by atoms with Gasteiger partial charge < -0.3 is 10.6 Å². The number of rotatable bonds is 2. The summed E-state index contributed by atoms with van der Waals surface area (Å²) in [6.07, 6.45) is 3.88. The lowest BCUT2D eigenvalue weighted by molar-refractivity contribution is 0.495. The van der Waals surface area contributed by atoms with Crippen molar-refractivity contribution in [1.29, 1.82) is 0 Å². The molecular formula is C16H19ClN4. The van der Waals surface area contributed by atoms with Crippen LogP contribution in [0.5, 0.6) is 0 Å². The molecule has 1 aromatic heterocycles.